The molecule has 0 saturated carbocycles. The molecular formula is C13H10FNO3. The number of aromatic carboxylic acids is 1. The number of halogens is 1. The molecule has 18 heavy (non-hydrogen) atoms. The first-order valence-electron chi connectivity index (χ1n) is 5.20. The number of carbonyl (C=O) groups is 1. The number of hydrogen-bond acceptors (Lipinski definition) is 3. The van der Waals surface area contributed by atoms with Crippen LogP contribution in [-0.4, -0.2) is 16.1 Å². The van der Waals surface area contributed by atoms with Gasteiger partial charge in [0.15, 0.2) is 11.6 Å². The lowest BCUT2D eigenvalue weighted by molar-refractivity contribution is 0.0693. The number of nitrogens with zero attached hydrogens (tertiary/aromatic N) is 1. The molecule has 1 N–H and O–H groups in total. The molecule has 0 fully saturated rings. The summed E-state index contributed by atoms with van der Waals surface area (Å²) in [5.41, 5.74) is 0.560. The first kappa shape index (κ1) is 12.0. The van der Waals surface area contributed by atoms with Crippen LogP contribution >= 0.6 is 0 Å². The molecule has 0 radical (unpaired) electrons. The highest BCUT2D eigenvalue weighted by Gasteiger charge is 2.16. The van der Waals surface area contributed by atoms with Crippen molar-refractivity contribution in [2.24, 2.45) is 0 Å². The SMILES string of the molecule is Cc1ccc(Oc2c(F)cccc2C(=O)O)cn1. The molecule has 2 aromatic rings. The molecule has 0 atom stereocenters. The minimum Gasteiger partial charge on any atom is -0.478 e. The zero-order chi connectivity index (χ0) is 13.1. The fourth-order valence-corrected chi connectivity index (χ4v) is 1.41. The summed E-state index contributed by atoms with van der Waals surface area (Å²) in [6.07, 6.45) is 1.41. The topological polar surface area (TPSA) is 59.4 Å². The van der Waals surface area contributed by atoms with Gasteiger partial charge in [-0.15, -0.1) is 0 Å². The summed E-state index contributed by atoms with van der Waals surface area (Å²) in [5.74, 6) is -2.00. The van der Waals surface area contributed by atoms with Crippen molar-refractivity contribution >= 4 is 5.97 Å². The van der Waals surface area contributed by atoms with Crippen molar-refractivity contribution in [2.45, 2.75) is 6.92 Å². The average Bonchev–Trinajstić information content (AvgIpc) is 2.34. The summed E-state index contributed by atoms with van der Waals surface area (Å²) < 4.78 is 18.8. The number of hydrogen-bond donors (Lipinski definition) is 1. The molecule has 2 rings (SSSR count). The number of pyridine rings is 1. The molecule has 0 aliphatic rings. The third-order valence-corrected chi connectivity index (χ3v) is 2.30. The van der Waals surface area contributed by atoms with Crippen molar-refractivity contribution in [3.63, 3.8) is 0 Å². The molecule has 0 saturated heterocycles. The minimum atomic E-state index is -1.25. The van der Waals surface area contributed by atoms with Crippen molar-refractivity contribution in [1.82, 2.24) is 4.98 Å². The Bertz CT molecular complexity index is 581. The molecule has 1 aromatic carbocycles. The van der Waals surface area contributed by atoms with Gasteiger partial charge in [-0.3, -0.25) is 4.98 Å². The summed E-state index contributed by atoms with van der Waals surface area (Å²) in [6.45, 7) is 1.80. The zero-order valence-corrected chi connectivity index (χ0v) is 9.55. The van der Waals surface area contributed by atoms with Gasteiger partial charge in [-0.2, -0.15) is 0 Å². The van der Waals surface area contributed by atoms with E-state index in [9.17, 15) is 9.18 Å². The van der Waals surface area contributed by atoms with Crippen molar-refractivity contribution in [3.8, 4) is 11.5 Å². The number of aromatic nitrogens is 1. The molecule has 5 heteroatoms. The van der Waals surface area contributed by atoms with Crippen LogP contribution in [0.1, 0.15) is 16.1 Å². The fourth-order valence-electron chi connectivity index (χ4n) is 1.41. The van der Waals surface area contributed by atoms with Crippen LogP contribution in [-0.2, 0) is 0 Å². The van der Waals surface area contributed by atoms with Gasteiger partial charge < -0.3 is 9.84 Å². The van der Waals surface area contributed by atoms with E-state index in [2.05, 4.69) is 4.98 Å². The van der Waals surface area contributed by atoms with E-state index in [1.54, 1.807) is 19.1 Å². The van der Waals surface area contributed by atoms with Gasteiger partial charge in [0.25, 0.3) is 0 Å². The average molecular weight is 247 g/mol. The summed E-state index contributed by atoms with van der Waals surface area (Å²) in [4.78, 5) is 14.9. The number of carboxylic acids is 1. The van der Waals surface area contributed by atoms with E-state index in [-0.39, 0.29) is 17.1 Å². The van der Waals surface area contributed by atoms with Gasteiger partial charge >= 0.3 is 5.97 Å². The normalized spacial score (nSPS) is 10.1. The molecule has 0 aliphatic heterocycles. The number of carboxylic acid groups (broad SMARTS) is 1. The maximum absolute atomic E-state index is 13.6. The van der Waals surface area contributed by atoms with Gasteiger partial charge in [0.1, 0.15) is 11.3 Å². The Labute approximate surface area is 103 Å². The third-order valence-electron chi connectivity index (χ3n) is 2.30. The largest absolute Gasteiger partial charge is 0.478 e. The second-order valence-electron chi connectivity index (χ2n) is 3.66. The van der Waals surface area contributed by atoms with Crippen LogP contribution < -0.4 is 4.74 Å². The van der Waals surface area contributed by atoms with E-state index in [4.69, 9.17) is 9.84 Å². The van der Waals surface area contributed by atoms with Crippen LogP contribution in [0.25, 0.3) is 0 Å². The monoisotopic (exact) mass is 247 g/mol. The molecular weight excluding hydrogens is 237 g/mol. The smallest absolute Gasteiger partial charge is 0.339 e. The summed E-state index contributed by atoms with van der Waals surface area (Å²) >= 11 is 0. The Morgan fingerprint density at radius 2 is 2.11 bits per heavy atom. The highest BCUT2D eigenvalue weighted by atomic mass is 19.1. The summed E-state index contributed by atoms with van der Waals surface area (Å²) in [6, 6.07) is 7.03. The summed E-state index contributed by atoms with van der Waals surface area (Å²) in [5, 5.41) is 8.95. The van der Waals surface area contributed by atoms with E-state index in [0.717, 1.165) is 11.8 Å². The Balaban J connectivity index is 2.39. The number of ether oxygens (including phenoxy) is 1. The number of rotatable bonds is 3. The van der Waals surface area contributed by atoms with Crippen LogP contribution in [0.2, 0.25) is 0 Å². The van der Waals surface area contributed by atoms with Crippen LogP contribution in [0, 0.1) is 12.7 Å². The maximum atomic E-state index is 13.6. The first-order valence-corrected chi connectivity index (χ1v) is 5.20. The Hall–Kier alpha value is -2.43. The second-order valence-corrected chi connectivity index (χ2v) is 3.66. The predicted octanol–water partition coefficient (Wildman–Crippen LogP) is 3.02. The van der Waals surface area contributed by atoms with Gasteiger partial charge in [0.05, 0.1) is 6.20 Å². The van der Waals surface area contributed by atoms with E-state index in [1.165, 1.54) is 18.3 Å². The van der Waals surface area contributed by atoms with Crippen molar-refractivity contribution < 1.29 is 19.0 Å². The summed E-state index contributed by atoms with van der Waals surface area (Å²) in [7, 11) is 0. The second kappa shape index (κ2) is 4.83. The highest BCUT2D eigenvalue weighted by molar-refractivity contribution is 5.91. The molecule has 92 valence electrons. The van der Waals surface area contributed by atoms with Gasteiger partial charge in [0.2, 0.25) is 0 Å². The molecule has 1 heterocycles. The molecule has 0 spiro atoms. The van der Waals surface area contributed by atoms with Crippen molar-refractivity contribution in [1.29, 1.82) is 0 Å². The van der Waals surface area contributed by atoms with E-state index < -0.39 is 11.8 Å². The van der Waals surface area contributed by atoms with Crippen molar-refractivity contribution in [2.75, 3.05) is 0 Å². The zero-order valence-electron chi connectivity index (χ0n) is 9.55. The maximum Gasteiger partial charge on any atom is 0.339 e. The molecule has 0 unspecified atom stereocenters. The Kier molecular flexibility index (Phi) is 3.23. The molecule has 0 aliphatic carbocycles. The van der Waals surface area contributed by atoms with Crippen LogP contribution in [0.15, 0.2) is 36.5 Å². The predicted molar refractivity (Wildman–Crippen MR) is 62.4 cm³/mol. The standard InChI is InChI=1S/C13H10FNO3/c1-8-5-6-9(7-15-8)18-12-10(13(16)17)3-2-4-11(12)14/h2-7H,1H3,(H,16,17). The lowest BCUT2D eigenvalue weighted by Gasteiger charge is -2.09. The number of aryl methyl sites for hydroxylation is 1. The van der Waals surface area contributed by atoms with Crippen LogP contribution in [0.4, 0.5) is 4.39 Å². The lowest BCUT2D eigenvalue weighted by atomic mass is 10.2. The Morgan fingerprint density at radius 3 is 2.72 bits per heavy atom. The number of benzene rings is 1. The quantitative estimate of drug-likeness (QED) is 0.905. The highest BCUT2D eigenvalue weighted by Crippen LogP contribution is 2.28. The molecule has 1 aromatic heterocycles. The fraction of sp³-hybridized carbons (Fsp3) is 0.0769. The first-order chi connectivity index (χ1) is 8.58. The lowest BCUT2D eigenvalue weighted by Crippen LogP contribution is -2.02. The third kappa shape index (κ3) is 2.45. The molecule has 0 amide bonds. The van der Waals surface area contributed by atoms with Gasteiger partial charge in [0, 0.05) is 5.69 Å². The van der Waals surface area contributed by atoms with Gasteiger partial charge in [-0.1, -0.05) is 6.07 Å². The molecule has 0 bridgehead atoms. The van der Waals surface area contributed by atoms with Crippen LogP contribution in [0.3, 0.4) is 0 Å². The Morgan fingerprint density at radius 1 is 1.33 bits per heavy atom. The van der Waals surface area contributed by atoms with Gasteiger partial charge in [-0.05, 0) is 31.2 Å². The number of para-hydroxylation sites is 1. The van der Waals surface area contributed by atoms with Crippen molar-refractivity contribution in [3.05, 3.63) is 53.6 Å². The minimum absolute atomic E-state index is 0.226. The van der Waals surface area contributed by atoms with E-state index in [0.29, 0.717) is 0 Å². The van der Waals surface area contributed by atoms with Gasteiger partial charge in [-0.25, -0.2) is 9.18 Å². The molecule has 4 nitrogen and oxygen atoms in total. The van der Waals surface area contributed by atoms with E-state index in [1.807, 2.05) is 0 Å². The van der Waals surface area contributed by atoms with E-state index >= 15 is 0 Å². The van der Waals surface area contributed by atoms with Crippen LogP contribution in [0.5, 0.6) is 11.5 Å².